The summed E-state index contributed by atoms with van der Waals surface area (Å²) in [6.07, 6.45) is 0. The number of aromatic nitrogens is 1. The topological polar surface area (TPSA) is 68.7 Å². The van der Waals surface area contributed by atoms with Crippen molar-refractivity contribution < 1.29 is 19.1 Å². The average molecular weight is 445 g/mol. The number of benzene rings is 3. The third kappa shape index (κ3) is 5.19. The average Bonchev–Trinajstić information content (AvgIpc) is 3.27. The lowest BCUT2D eigenvalue weighted by Gasteiger charge is -2.17. The number of carbonyl (C=O) groups is 2. The van der Waals surface area contributed by atoms with Crippen LogP contribution in [0.1, 0.15) is 23.0 Å². The van der Waals surface area contributed by atoms with Crippen molar-refractivity contribution in [3.8, 4) is 11.5 Å². The number of amides is 1. The zero-order valence-corrected chi connectivity index (χ0v) is 18.1. The zero-order valence-electron chi connectivity index (χ0n) is 17.3. The van der Waals surface area contributed by atoms with E-state index in [9.17, 15) is 9.59 Å². The number of anilines is 2. The molecule has 0 unspecified atom stereocenters. The molecule has 4 aromatic rings. The summed E-state index contributed by atoms with van der Waals surface area (Å²) in [5.41, 5.74) is 1.72. The lowest BCUT2D eigenvalue weighted by molar-refractivity contribution is -0.115. The smallest absolute Gasteiger partial charge is 0.338 e. The molecule has 0 atom stereocenters. The van der Waals surface area contributed by atoms with Crippen molar-refractivity contribution in [2.24, 2.45) is 0 Å². The Morgan fingerprint density at radius 3 is 2.16 bits per heavy atom. The molecule has 1 aromatic heterocycles. The van der Waals surface area contributed by atoms with Crippen molar-refractivity contribution >= 4 is 34.0 Å². The third-order valence-electron chi connectivity index (χ3n) is 4.48. The molecule has 3 aromatic carbocycles. The van der Waals surface area contributed by atoms with Crippen molar-refractivity contribution in [3.63, 3.8) is 0 Å². The van der Waals surface area contributed by atoms with Crippen molar-refractivity contribution in [2.75, 3.05) is 4.90 Å². The van der Waals surface area contributed by atoms with E-state index in [0.717, 1.165) is 11.4 Å². The highest BCUT2D eigenvalue weighted by Crippen LogP contribution is 2.29. The molecule has 0 N–H and O–H groups in total. The van der Waals surface area contributed by atoms with E-state index in [0.29, 0.717) is 22.1 Å². The van der Waals surface area contributed by atoms with Crippen LogP contribution in [0.4, 0.5) is 10.8 Å². The highest BCUT2D eigenvalue weighted by molar-refractivity contribution is 7.14. The number of thiazole rings is 1. The predicted octanol–water partition coefficient (Wildman–Crippen LogP) is 5.98. The number of hydrogen-bond acceptors (Lipinski definition) is 6. The Balaban J connectivity index is 1.37. The van der Waals surface area contributed by atoms with Gasteiger partial charge < -0.3 is 9.47 Å². The van der Waals surface area contributed by atoms with Gasteiger partial charge in [0.25, 0.3) is 0 Å². The summed E-state index contributed by atoms with van der Waals surface area (Å²) >= 11 is 1.32. The minimum Gasteiger partial charge on any atom is -0.457 e. The van der Waals surface area contributed by atoms with Crippen molar-refractivity contribution in [2.45, 2.75) is 13.5 Å². The molecular formula is C25H20N2O4S. The Kier molecular flexibility index (Phi) is 6.57. The molecule has 0 aliphatic heterocycles. The summed E-state index contributed by atoms with van der Waals surface area (Å²) in [5, 5.41) is 2.30. The molecule has 0 saturated heterocycles. The standard InChI is InChI=1S/C25H20N2O4S/c1-18(28)27(21-8-4-2-5-9-21)25-26-20(17-32-25)16-30-24(29)19-12-14-23(15-13-19)31-22-10-6-3-7-11-22/h2-15,17H,16H2,1H3. The molecule has 0 saturated carbocycles. The first kappa shape index (κ1) is 21.3. The van der Waals surface area contributed by atoms with Gasteiger partial charge in [0.1, 0.15) is 18.1 Å². The van der Waals surface area contributed by atoms with Crippen LogP contribution >= 0.6 is 11.3 Å². The summed E-state index contributed by atoms with van der Waals surface area (Å²) in [5.74, 6) is 0.739. The van der Waals surface area contributed by atoms with E-state index in [2.05, 4.69) is 4.98 Å². The maximum absolute atomic E-state index is 12.4. The van der Waals surface area contributed by atoms with Crippen LogP contribution in [0.25, 0.3) is 0 Å². The SMILES string of the molecule is CC(=O)N(c1ccccc1)c1nc(COC(=O)c2ccc(Oc3ccccc3)cc2)cs1. The van der Waals surface area contributed by atoms with Crippen LogP contribution in [0.3, 0.4) is 0 Å². The van der Waals surface area contributed by atoms with E-state index in [1.807, 2.05) is 60.7 Å². The van der Waals surface area contributed by atoms with Gasteiger partial charge in [-0.15, -0.1) is 11.3 Å². The van der Waals surface area contributed by atoms with Gasteiger partial charge in [0, 0.05) is 12.3 Å². The van der Waals surface area contributed by atoms with Crippen LogP contribution in [-0.2, 0) is 16.1 Å². The summed E-state index contributed by atoms with van der Waals surface area (Å²) in [6.45, 7) is 1.50. The first-order chi connectivity index (χ1) is 15.6. The van der Waals surface area contributed by atoms with Crippen molar-refractivity contribution in [3.05, 3.63) is 102 Å². The van der Waals surface area contributed by atoms with Crippen molar-refractivity contribution in [1.82, 2.24) is 4.98 Å². The van der Waals surface area contributed by atoms with E-state index in [4.69, 9.17) is 9.47 Å². The van der Waals surface area contributed by atoms with Gasteiger partial charge in [-0.25, -0.2) is 9.78 Å². The van der Waals surface area contributed by atoms with Crippen LogP contribution in [-0.4, -0.2) is 16.9 Å². The molecule has 7 heteroatoms. The molecule has 0 aliphatic rings. The van der Waals surface area contributed by atoms with Crippen LogP contribution in [0, 0.1) is 0 Å². The van der Waals surface area contributed by atoms with Gasteiger partial charge in [0.15, 0.2) is 5.13 Å². The van der Waals surface area contributed by atoms with Gasteiger partial charge >= 0.3 is 5.97 Å². The van der Waals surface area contributed by atoms with E-state index in [1.54, 1.807) is 29.6 Å². The maximum Gasteiger partial charge on any atom is 0.338 e. The van der Waals surface area contributed by atoms with Gasteiger partial charge in [-0.1, -0.05) is 36.4 Å². The molecule has 0 spiro atoms. The van der Waals surface area contributed by atoms with Gasteiger partial charge in [0.05, 0.1) is 16.9 Å². The number of ether oxygens (including phenoxy) is 2. The molecule has 4 rings (SSSR count). The Morgan fingerprint density at radius 2 is 1.50 bits per heavy atom. The van der Waals surface area contributed by atoms with Gasteiger partial charge in [-0.3, -0.25) is 9.69 Å². The fourth-order valence-corrected chi connectivity index (χ4v) is 3.85. The van der Waals surface area contributed by atoms with Gasteiger partial charge in [-0.2, -0.15) is 0 Å². The van der Waals surface area contributed by atoms with Gasteiger partial charge in [0.2, 0.25) is 5.91 Å². The van der Waals surface area contributed by atoms with E-state index in [-0.39, 0.29) is 12.5 Å². The first-order valence-electron chi connectivity index (χ1n) is 9.90. The van der Waals surface area contributed by atoms with Crippen LogP contribution in [0.5, 0.6) is 11.5 Å². The molecule has 0 radical (unpaired) electrons. The summed E-state index contributed by atoms with van der Waals surface area (Å²) in [4.78, 5) is 30.5. The number of rotatable bonds is 7. The fraction of sp³-hybridized carbons (Fsp3) is 0.0800. The molecule has 32 heavy (non-hydrogen) atoms. The highest BCUT2D eigenvalue weighted by Gasteiger charge is 2.18. The molecule has 0 aliphatic carbocycles. The maximum atomic E-state index is 12.4. The minimum absolute atomic E-state index is 0.0120. The second-order valence-electron chi connectivity index (χ2n) is 6.83. The molecule has 6 nitrogen and oxygen atoms in total. The summed E-state index contributed by atoms with van der Waals surface area (Å²) < 4.78 is 11.1. The molecule has 1 heterocycles. The number of para-hydroxylation sites is 2. The highest BCUT2D eigenvalue weighted by atomic mass is 32.1. The Hall–Kier alpha value is -3.97. The summed E-state index contributed by atoms with van der Waals surface area (Å²) in [6, 6.07) is 25.4. The summed E-state index contributed by atoms with van der Waals surface area (Å²) in [7, 11) is 0. The van der Waals surface area contributed by atoms with Crippen LogP contribution < -0.4 is 9.64 Å². The molecule has 0 fully saturated rings. The monoisotopic (exact) mass is 444 g/mol. The van der Waals surface area contributed by atoms with Crippen molar-refractivity contribution in [1.29, 1.82) is 0 Å². The Bertz CT molecular complexity index is 1190. The molecule has 160 valence electrons. The number of hydrogen-bond donors (Lipinski definition) is 0. The Morgan fingerprint density at radius 1 is 0.875 bits per heavy atom. The number of nitrogens with zero attached hydrogens (tertiary/aromatic N) is 2. The van der Waals surface area contributed by atoms with E-state index < -0.39 is 5.97 Å². The molecular weight excluding hydrogens is 424 g/mol. The zero-order chi connectivity index (χ0) is 22.3. The quantitative estimate of drug-likeness (QED) is 0.328. The third-order valence-corrected chi connectivity index (χ3v) is 5.35. The van der Waals surface area contributed by atoms with Crippen LogP contribution in [0.15, 0.2) is 90.3 Å². The normalized spacial score (nSPS) is 10.4. The first-order valence-corrected chi connectivity index (χ1v) is 10.8. The molecule has 0 bridgehead atoms. The van der Waals surface area contributed by atoms with Gasteiger partial charge in [-0.05, 0) is 48.5 Å². The second kappa shape index (κ2) is 9.89. The Labute approximate surface area is 189 Å². The van der Waals surface area contributed by atoms with Crippen LogP contribution in [0.2, 0.25) is 0 Å². The second-order valence-corrected chi connectivity index (χ2v) is 7.66. The number of carbonyl (C=O) groups excluding carboxylic acids is 2. The van der Waals surface area contributed by atoms with E-state index >= 15 is 0 Å². The molecule has 1 amide bonds. The largest absolute Gasteiger partial charge is 0.457 e. The fourth-order valence-electron chi connectivity index (χ4n) is 2.98. The lowest BCUT2D eigenvalue weighted by Crippen LogP contribution is -2.22. The number of esters is 1. The predicted molar refractivity (Wildman–Crippen MR) is 123 cm³/mol. The lowest BCUT2D eigenvalue weighted by atomic mass is 10.2. The van der Waals surface area contributed by atoms with E-state index in [1.165, 1.54) is 23.2 Å². The minimum atomic E-state index is -0.461.